The molecule has 0 N–H and O–H groups in total. The Morgan fingerprint density at radius 1 is 0.810 bits per heavy atom. The summed E-state index contributed by atoms with van der Waals surface area (Å²) in [5.41, 5.74) is 1.54. The fourth-order valence-electron chi connectivity index (χ4n) is 2.41. The number of carbonyl (C=O) groups excluding carboxylic acids is 1. The summed E-state index contributed by atoms with van der Waals surface area (Å²) >= 11 is 0. The second-order valence-electron chi connectivity index (χ2n) is 6.22. The Morgan fingerprint density at radius 2 is 1.48 bits per heavy atom. The number of carbonyl (C=O) groups is 1. The lowest BCUT2D eigenvalue weighted by atomic mass is 10.1. The van der Waals surface area contributed by atoms with Crippen LogP contribution in [0.1, 0.15) is 97.8 Å². The van der Waals surface area contributed by atoms with Crippen LogP contribution in [0.5, 0.6) is 0 Å². The minimum Gasteiger partial charge on any atom is -0.300 e. The number of Topliss-reactive ketones (excluding diaryl/α,β-unsaturated/α-hetero) is 1. The number of hydrogen-bond donors (Lipinski definition) is 0. The van der Waals surface area contributed by atoms with E-state index in [0.29, 0.717) is 5.78 Å². The smallest absolute Gasteiger partial charge is 0.129 e. The van der Waals surface area contributed by atoms with Crippen LogP contribution < -0.4 is 0 Å². The minimum atomic E-state index is 0.330. The summed E-state index contributed by atoms with van der Waals surface area (Å²) in [5.74, 6) is 0.330. The summed E-state index contributed by atoms with van der Waals surface area (Å²) in [6.07, 6.45) is 21.5. The molecule has 1 heteroatoms. The van der Waals surface area contributed by atoms with Crippen LogP contribution in [-0.2, 0) is 4.79 Å². The third-order valence-electron chi connectivity index (χ3n) is 3.84. The third kappa shape index (κ3) is 17.1. The van der Waals surface area contributed by atoms with Gasteiger partial charge in [-0.1, -0.05) is 62.8 Å². The predicted octanol–water partition coefficient (Wildman–Crippen LogP) is 6.78. The Morgan fingerprint density at radius 3 is 2.19 bits per heavy atom. The molecule has 0 atom stereocenters. The van der Waals surface area contributed by atoms with Gasteiger partial charge in [0, 0.05) is 6.42 Å². The van der Waals surface area contributed by atoms with Gasteiger partial charge < -0.3 is 4.79 Å². The van der Waals surface area contributed by atoms with Gasteiger partial charge >= 0.3 is 0 Å². The third-order valence-corrected chi connectivity index (χ3v) is 3.84. The van der Waals surface area contributed by atoms with E-state index < -0.39 is 0 Å². The van der Waals surface area contributed by atoms with Crippen LogP contribution in [0.2, 0.25) is 0 Å². The molecule has 0 aliphatic rings. The Kier molecular flexibility index (Phi) is 14.9. The van der Waals surface area contributed by atoms with Crippen molar-refractivity contribution in [2.45, 2.75) is 97.8 Å². The molecule has 0 unspecified atom stereocenters. The van der Waals surface area contributed by atoms with E-state index >= 15 is 0 Å². The van der Waals surface area contributed by atoms with Gasteiger partial charge in [-0.2, -0.15) is 0 Å². The average Bonchev–Trinajstić information content (AvgIpc) is 2.44. The zero-order valence-corrected chi connectivity index (χ0v) is 14.6. The average molecular weight is 293 g/mol. The van der Waals surface area contributed by atoms with Crippen LogP contribution in [0.15, 0.2) is 23.8 Å². The number of allylic oxidation sites excluding steroid dienone is 4. The fourth-order valence-corrected chi connectivity index (χ4v) is 2.41. The van der Waals surface area contributed by atoms with Crippen LogP contribution in [0.4, 0.5) is 0 Å². The molecule has 0 aromatic rings. The standard InChI is InChI=1S/C20H36O/c1-4-5-13-16-19(2)17-14-11-9-7-6-8-10-12-15-18-20(3)21/h9,11,17H,4-8,10,12-16,18H2,1-3H3/b11-9+,19-17-. The Hall–Kier alpha value is -0.850. The summed E-state index contributed by atoms with van der Waals surface area (Å²) in [6.45, 7) is 6.19. The highest BCUT2D eigenvalue weighted by Gasteiger charge is 1.93. The topological polar surface area (TPSA) is 17.1 Å². The Labute approximate surface area is 132 Å². The maximum Gasteiger partial charge on any atom is 0.129 e. The van der Waals surface area contributed by atoms with Gasteiger partial charge in [0.15, 0.2) is 0 Å². The molecule has 0 aliphatic heterocycles. The highest BCUT2D eigenvalue weighted by Crippen LogP contribution is 2.10. The molecule has 0 saturated heterocycles. The summed E-state index contributed by atoms with van der Waals surface area (Å²) in [5, 5.41) is 0. The number of hydrogen-bond acceptors (Lipinski definition) is 1. The van der Waals surface area contributed by atoms with Gasteiger partial charge in [-0.15, -0.1) is 0 Å². The lowest BCUT2D eigenvalue weighted by Gasteiger charge is -1.99. The van der Waals surface area contributed by atoms with Gasteiger partial charge in [-0.25, -0.2) is 0 Å². The predicted molar refractivity (Wildman–Crippen MR) is 94.7 cm³/mol. The second kappa shape index (κ2) is 15.5. The van der Waals surface area contributed by atoms with Gasteiger partial charge in [-0.05, 0) is 52.4 Å². The maximum absolute atomic E-state index is 10.8. The van der Waals surface area contributed by atoms with Crippen molar-refractivity contribution >= 4 is 5.78 Å². The quantitative estimate of drug-likeness (QED) is 0.255. The number of unbranched alkanes of at least 4 members (excludes halogenated alkanes) is 7. The van der Waals surface area contributed by atoms with Crippen LogP contribution >= 0.6 is 0 Å². The van der Waals surface area contributed by atoms with Gasteiger partial charge in [0.1, 0.15) is 5.78 Å². The number of rotatable bonds is 14. The Bertz CT molecular complexity index is 299. The molecule has 0 fully saturated rings. The van der Waals surface area contributed by atoms with Crippen molar-refractivity contribution in [3.05, 3.63) is 23.8 Å². The molecule has 0 aromatic carbocycles. The fraction of sp³-hybridized carbons (Fsp3) is 0.750. The van der Waals surface area contributed by atoms with Crippen LogP contribution in [0.3, 0.4) is 0 Å². The van der Waals surface area contributed by atoms with E-state index in [1.54, 1.807) is 12.5 Å². The monoisotopic (exact) mass is 292 g/mol. The molecule has 0 radical (unpaired) electrons. The minimum absolute atomic E-state index is 0.330. The van der Waals surface area contributed by atoms with E-state index in [9.17, 15) is 4.79 Å². The van der Waals surface area contributed by atoms with Crippen molar-refractivity contribution in [1.29, 1.82) is 0 Å². The molecule has 0 bridgehead atoms. The lowest BCUT2D eigenvalue weighted by Crippen LogP contribution is -1.89. The first-order chi connectivity index (χ1) is 10.2. The van der Waals surface area contributed by atoms with Crippen LogP contribution in [0.25, 0.3) is 0 Å². The second-order valence-corrected chi connectivity index (χ2v) is 6.22. The number of ketones is 1. The maximum atomic E-state index is 10.8. The van der Waals surface area contributed by atoms with Gasteiger partial charge in [0.05, 0.1) is 0 Å². The van der Waals surface area contributed by atoms with Crippen molar-refractivity contribution in [3.8, 4) is 0 Å². The van der Waals surface area contributed by atoms with Crippen LogP contribution in [-0.4, -0.2) is 5.78 Å². The first-order valence-electron chi connectivity index (χ1n) is 8.97. The molecular formula is C20H36O. The van der Waals surface area contributed by atoms with Crippen molar-refractivity contribution in [3.63, 3.8) is 0 Å². The summed E-state index contributed by atoms with van der Waals surface area (Å²) < 4.78 is 0. The van der Waals surface area contributed by atoms with Crippen molar-refractivity contribution < 1.29 is 4.79 Å². The van der Waals surface area contributed by atoms with Gasteiger partial charge in [0.25, 0.3) is 0 Å². The van der Waals surface area contributed by atoms with E-state index in [1.165, 1.54) is 57.8 Å². The molecule has 122 valence electrons. The van der Waals surface area contributed by atoms with E-state index in [0.717, 1.165) is 19.3 Å². The lowest BCUT2D eigenvalue weighted by molar-refractivity contribution is -0.117. The molecular weight excluding hydrogens is 256 g/mol. The molecule has 0 amide bonds. The van der Waals surface area contributed by atoms with Gasteiger partial charge in [0.2, 0.25) is 0 Å². The molecule has 0 aliphatic carbocycles. The molecule has 0 rings (SSSR count). The normalized spacial score (nSPS) is 12.2. The van der Waals surface area contributed by atoms with E-state index in [2.05, 4.69) is 32.1 Å². The van der Waals surface area contributed by atoms with E-state index in [4.69, 9.17) is 0 Å². The van der Waals surface area contributed by atoms with Crippen molar-refractivity contribution in [2.75, 3.05) is 0 Å². The molecule has 1 nitrogen and oxygen atoms in total. The van der Waals surface area contributed by atoms with Crippen molar-refractivity contribution in [1.82, 2.24) is 0 Å². The van der Waals surface area contributed by atoms with Crippen molar-refractivity contribution in [2.24, 2.45) is 0 Å². The van der Waals surface area contributed by atoms with Crippen LogP contribution in [0, 0.1) is 0 Å². The summed E-state index contributed by atoms with van der Waals surface area (Å²) in [7, 11) is 0. The highest BCUT2D eigenvalue weighted by atomic mass is 16.1. The first-order valence-corrected chi connectivity index (χ1v) is 8.97. The largest absolute Gasteiger partial charge is 0.300 e. The summed E-state index contributed by atoms with van der Waals surface area (Å²) in [4.78, 5) is 10.8. The Balaban J connectivity index is 3.36. The molecule has 0 heterocycles. The van der Waals surface area contributed by atoms with E-state index in [-0.39, 0.29) is 0 Å². The molecule has 0 saturated carbocycles. The first kappa shape index (κ1) is 20.1. The molecule has 0 spiro atoms. The summed E-state index contributed by atoms with van der Waals surface area (Å²) in [6, 6.07) is 0. The van der Waals surface area contributed by atoms with Gasteiger partial charge in [-0.3, -0.25) is 0 Å². The molecule has 21 heavy (non-hydrogen) atoms. The zero-order valence-electron chi connectivity index (χ0n) is 14.6. The van der Waals surface area contributed by atoms with E-state index in [1.807, 2.05) is 0 Å². The molecule has 0 aromatic heterocycles. The highest BCUT2D eigenvalue weighted by molar-refractivity contribution is 5.75. The SMILES string of the molecule is CCCCC/C(C)=C\C/C=C/CCCCCCCC(C)=O. The zero-order chi connectivity index (χ0) is 15.8.